The summed E-state index contributed by atoms with van der Waals surface area (Å²) in [6, 6.07) is 0. The topological polar surface area (TPSA) is 0 Å². The molecule has 0 nitrogen and oxygen atoms in total. The molecule has 0 amide bonds. The Labute approximate surface area is 112 Å². The first-order valence-corrected chi connectivity index (χ1v) is 7.95. The molecule has 0 spiro atoms. The average molecular weight is 242 g/mol. The van der Waals surface area contributed by atoms with Gasteiger partial charge in [0.05, 0.1) is 0 Å². The Morgan fingerprint density at radius 3 is 2.00 bits per heavy atom. The Bertz CT molecular complexity index is 329. The van der Waals surface area contributed by atoms with Gasteiger partial charge in [0, 0.05) is 0 Å². The van der Waals surface area contributed by atoms with Gasteiger partial charge in [-0.05, 0) is 62.2 Å². The molecular formula is C18H26. The number of hydrogen-bond acceptors (Lipinski definition) is 0. The van der Waals surface area contributed by atoms with Crippen LogP contribution in [0.25, 0.3) is 0 Å². The third kappa shape index (κ3) is 2.79. The van der Waals surface area contributed by atoms with Crippen LogP contribution in [0.1, 0.15) is 51.4 Å². The van der Waals surface area contributed by atoms with Gasteiger partial charge in [0.1, 0.15) is 0 Å². The van der Waals surface area contributed by atoms with Crippen LogP contribution >= 0.6 is 0 Å². The van der Waals surface area contributed by atoms with Crippen molar-refractivity contribution in [1.29, 1.82) is 0 Å². The quantitative estimate of drug-likeness (QED) is 0.507. The Morgan fingerprint density at radius 1 is 0.611 bits per heavy atom. The van der Waals surface area contributed by atoms with Gasteiger partial charge < -0.3 is 0 Å². The van der Waals surface area contributed by atoms with E-state index in [0.29, 0.717) is 0 Å². The van der Waals surface area contributed by atoms with E-state index in [1.807, 2.05) is 0 Å². The van der Waals surface area contributed by atoms with Gasteiger partial charge in [-0.3, -0.25) is 0 Å². The van der Waals surface area contributed by atoms with Crippen molar-refractivity contribution in [2.24, 2.45) is 23.7 Å². The molecule has 0 N–H and O–H groups in total. The zero-order valence-corrected chi connectivity index (χ0v) is 11.4. The Kier molecular flexibility index (Phi) is 4.02. The van der Waals surface area contributed by atoms with E-state index in [-0.39, 0.29) is 0 Å². The molecule has 0 bridgehead atoms. The molecule has 18 heavy (non-hydrogen) atoms. The zero-order valence-electron chi connectivity index (χ0n) is 11.4. The van der Waals surface area contributed by atoms with Crippen molar-refractivity contribution in [2.45, 2.75) is 51.4 Å². The molecule has 2 fully saturated rings. The van der Waals surface area contributed by atoms with E-state index in [9.17, 15) is 0 Å². The smallest absolute Gasteiger partial charge is 0.0167 e. The number of hydrogen-bond donors (Lipinski definition) is 0. The molecule has 2 saturated carbocycles. The number of fused-ring (bicyclic) bond motifs is 2. The fraction of sp³-hybridized carbons (Fsp3) is 0.667. The molecular weight excluding hydrogens is 216 g/mol. The second-order valence-electron chi connectivity index (χ2n) is 6.39. The minimum absolute atomic E-state index is 0.898. The third-order valence-electron chi connectivity index (χ3n) is 5.26. The van der Waals surface area contributed by atoms with Crippen LogP contribution in [0.5, 0.6) is 0 Å². The van der Waals surface area contributed by atoms with Gasteiger partial charge in [-0.15, -0.1) is 0 Å². The number of allylic oxidation sites excluding steroid dienone is 6. The normalized spacial score (nSPS) is 40.0. The first kappa shape index (κ1) is 12.3. The lowest BCUT2D eigenvalue weighted by Crippen LogP contribution is -2.07. The van der Waals surface area contributed by atoms with Crippen molar-refractivity contribution in [1.82, 2.24) is 0 Å². The Morgan fingerprint density at radius 2 is 1.28 bits per heavy atom. The fourth-order valence-corrected chi connectivity index (χ4v) is 4.17. The van der Waals surface area contributed by atoms with E-state index < -0.39 is 0 Å². The van der Waals surface area contributed by atoms with Crippen molar-refractivity contribution in [2.75, 3.05) is 0 Å². The molecule has 0 heteroatoms. The summed E-state index contributed by atoms with van der Waals surface area (Å²) in [6.45, 7) is 0. The Hall–Kier alpha value is -0.780. The summed E-state index contributed by atoms with van der Waals surface area (Å²) >= 11 is 0. The molecule has 98 valence electrons. The first-order valence-electron chi connectivity index (χ1n) is 7.95. The van der Waals surface area contributed by atoms with Gasteiger partial charge in [0.25, 0.3) is 0 Å². The molecule has 0 aromatic carbocycles. The van der Waals surface area contributed by atoms with Crippen molar-refractivity contribution in [3.8, 4) is 0 Å². The van der Waals surface area contributed by atoms with E-state index >= 15 is 0 Å². The van der Waals surface area contributed by atoms with E-state index in [2.05, 4.69) is 36.5 Å². The maximum atomic E-state index is 2.45. The maximum absolute atomic E-state index is 2.45. The highest BCUT2D eigenvalue weighted by Crippen LogP contribution is 2.38. The standard InChI is InChI=1S/C9H14.C9H12/c2*1-2-5-9-7-3-6-8(9)4-1/h1,4,8-9H,2-3,5-7H2;1-2,4-5,8-9H,3,6-7H2. The van der Waals surface area contributed by atoms with Gasteiger partial charge in [-0.25, -0.2) is 0 Å². The van der Waals surface area contributed by atoms with E-state index in [4.69, 9.17) is 0 Å². The molecule has 0 aromatic rings. The van der Waals surface area contributed by atoms with Crippen molar-refractivity contribution >= 4 is 0 Å². The Balaban J connectivity index is 0.000000111. The number of rotatable bonds is 0. The van der Waals surface area contributed by atoms with Gasteiger partial charge in [-0.1, -0.05) is 49.3 Å². The van der Waals surface area contributed by atoms with Crippen LogP contribution in [-0.2, 0) is 0 Å². The summed E-state index contributed by atoms with van der Waals surface area (Å²) in [5.74, 6) is 3.86. The highest BCUT2D eigenvalue weighted by atomic mass is 14.3. The average Bonchev–Trinajstić information content (AvgIpc) is 3.08. The van der Waals surface area contributed by atoms with Crippen molar-refractivity contribution in [3.05, 3.63) is 36.5 Å². The van der Waals surface area contributed by atoms with E-state index in [1.54, 1.807) is 0 Å². The lowest BCUT2D eigenvalue weighted by molar-refractivity contribution is 0.412. The van der Waals surface area contributed by atoms with E-state index in [0.717, 1.165) is 23.7 Å². The fourth-order valence-electron chi connectivity index (χ4n) is 4.17. The molecule has 0 saturated heterocycles. The second-order valence-corrected chi connectivity index (χ2v) is 6.39. The van der Waals surface area contributed by atoms with E-state index in [1.165, 1.54) is 51.4 Å². The summed E-state index contributed by atoms with van der Waals surface area (Å²) < 4.78 is 0. The molecule has 4 unspecified atom stereocenters. The minimum atomic E-state index is 0.898. The molecule has 0 aliphatic heterocycles. The van der Waals surface area contributed by atoms with Crippen LogP contribution in [0.2, 0.25) is 0 Å². The molecule has 0 aromatic heterocycles. The van der Waals surface area contributed by atoms with Crippen LogP contribution in [0, 0.1) is 23.7 Å². The summed E-state index contributed by atoms with van der Waals surface area (Å²) in [7, 11) is 0. The van der Waals surface area contributed by atoms with Crippen LogP contribution < -0.4 is 0 Å². The predicted octanol–water partition coefficient (Wildman–Crippen LogP) is 5.28. The lowest BCUT2D eigenvalue weighted by atomic mass is 9.87. The molecule has 4 aliphatic rings. The van der Waals surface area contributed by atoms with Crippen LogP contribution in [0.15, 0.2) is 36.5 Å². The van der Waals surface area contributed by atoms with Gasteiger partial charge in [-0.2, -0.15) is 0 Å². The van der Waals surface area contributed by atoms with Crippen LogP contribution in [0.3, 0.4) is 0 Å². The van der Waals surface area contributed by atoms with Crippen molar-refractivity contribution < 1.29 is 0 Å². The molecule has 4 aliphatic carbocycles. The minimum Gasteiger partial charge on any atom is -0.0882 e. The van der Waals surface area contributed by atoms with Gasteiger partial charge >= 0.3 is 0 Å². The summed E-state index contributed by atoms with van der Waals surface area (Å²) in [6.07, 6.45) is 25.5. The molecule has 4 atom stereocenters. The second kappa shape index (κ2) is 5.91. The summed E-state index contributed by atoms with van der Waals surface area (Å²) in [4.78, 5) is 0. The third-order valence-corrected chi connectivity index (χ3v) is 5.26. The first-order chi connectivity index (χ1) is 8.93. The maximum Gasteiger partial charge on any atom is -0.0167 e. The largest absolute Gasteiger partial charge is 0.0882 e. The van der Waals surface area contributed by atoms with Gasteiger partial charge in [0.2, 0.25) is 0 Å². The lowest BCUT2D eigenvalue weighted by Gasteiger charge is -2.18. The van der Waals surface area contributed by atoms with Gasteiger partial charge in [0.15, 0.2) is 0 Å². The molecule has 0 radical (unpaired) electrons. The monoisotopic (exact) mass is 242 g/mol. The van der Waals surface area contributed by atoms with Crippen LogP contribution in [0.4, 0.5) is 0 Å². The SMILES string of the molecule is C1=CC2CCCC2C=C1.C1=CC2CCCC2CC1. The molecule has 4 rings (SSSR count). The predicted molar refractivity (Wildman–Crippen MR) is 78.3 cm³/mol. The summed E-state index contributed by atoms with van der Waals surface area (Å²) in [5.41, 5.74) is 0. The zero-order chi connectivity index (χ0) is 12.2. The highest BCUT2D eigenvalue weighted by Gasteiger charge is 2.26. The summed E-state index contributed by atoms with van der Waals surface area (Å²) in [5, 5.41) is 0. The molecule has 0 heterocycles. The van der Waals surface area contributed by atoms with Crippen LogP contribution in [-0.4, -0.2) is 0 Å². The highest BCUT2D eigenvalue weighted by molar-refractivity contribution is 5.15. The van der Waals surface area contributed by atoms with Crippen molar-refractivity contribution in [3.63, 3.8) is 0 Å².